The molecule has 0 fully saturated rings. The number of halogens is 4. The number of fused-ring (bicyclic) bond motifs is 2. The lowest BCUT2D eigenvalue weighted by Crippen LogP contribution is -2.15. The Bertz CT molecular complexity index is 1260. The fourth-order valence-corrected chi connectivity index (χ4v) is 3.83. The molecule has 12 heteroatoms. The lowest BCUT2D eigenvalue weighted by atomic mass is 10.0. The Morgan fingerprint density at radius 1 is 1.19 bits per heavy atom. The fraction of sp³-hybridized carbons (Fsp3) is 0.316. The summed E-state index contributed by atoms with van der Waals surface area (Å²) in [6.07, 6.45) is 0.766. The molecule has 31 heavy (non-hydrogen) atoms. The number of nitrogens with one attached hydrogen (secondary N) is 1. The second-order valence-corrected chi connectivity index (χ2v) is 6.97. The van der Waals surface area contributed by atoms with Gasteiger partial charge in [0, 0.05) is 43.4 Å². The number of aromatic amines is 1. The van der Waals surface area contributed by atoms with Gasteiger partial charge in [-0.15, -0.1) is 5.10 Å². The number of aryl methyl sites for hydroxylation is 2. The number of hydrogen-bond donors (Lipinski definition) is 1. The van der Waals surface area contributed by atoms with Gasteiger partial charge in [-0.05, 0) is 12.1 Å². The fourth-order valence-electron chi connectivity index (χ4n) is 3.83. The minimum absolute atomic E-state index is 0.0644. The average molecular weight is 436 g/mol. The molecule has 0 aromatic carbocycles. The molecule has 4 aromatic heterocycles. The van der Waals surface area contributed by atoms with E-state index in [4.69, 9.17) is 4.74 Å². The van der Waals surface area contributed by atoms with Crippen LogP contribution in [0.4, 0.5) is 17.6 Å². The molecule has 0 unspecified atom stereocenters. The highest BCUT2D eigenvalue weighted by molar-refractivity contribution is 6.04. The number of hydrogen-bond acceptors (Lipinski definition) is 5. The van der Waals surface area contributed by atoms with Crippen molar-refractivity contribution in [3.63, 3.8) is 0 Å². The van der Waals surface area contributed by atoms with Gasteiger partial charge in [0.15, 0.2) is 0 Å². The zero-order chi connectivity index (χ0) is 21.7. The van der Waals surface area contributed by atoms with E-state index < -0.39 is 18.7 Å². The molecular formula is C19H16F4N6O2. The van der Waals surface area contributed by atoms with Crippen LogP contribution in [0.25, 0.3) is 33.4 Å². The van der Waals surface area contributed by atoms with Crippen LogP contribution in [0.15, 0.2) is 24.5 Å². The van der Waals surface area contributed by atoms with E-state index in [0.29, 0.717) is 36.2 Å². The highest BCUT2D eigenvalue weighted by Crippen LogP contribution is 2.47. The molecule has 0 saturated heterocycles. The molecule has 1 N–H and O–H groups in total. The van der Waals surface area contributed by atoms with E-state index in [1.165, 1.54) is 21.8 Å². The van der Waals surface area contributed by atoms with Gasteiger partial charge < -0.3 is 14.5 Å². The molecular weight excluding hydrogens is 420 g/mol. The minimum Gasteiger partial charge on any atom is -0.477 e. The van der Waals surface area contributed by atoms with Crippen molar-refractivity contribution in [2.75, 3.05) is 6.61 Å². The third kappa shape index (κ3) is 3.18. The maximum atomic E-state index is 13.9. The quantitative estimate of drug-likeness (QED) is 0.476. The summed E-state index contributed by atoms with van der Waals surface area (Å²) < 4.78 is 66.9. The van der Waals surface area contributed by atoms with Crippen molar-refractivity contribution < 1.29 is 27.0 Å². The molecule has 0 amide bonds. The second kappa shape index (κ2) is 7.29. The van der Waals surface area contributed by atoms with Crippen molar-refractivity contribution in [3.05, 3.63) is 30.2 Å². The molecule has 0 aliphatic carbocycles. The van der Waals surface area contributed by atoms with Crippen LogP contribution in [0, 0.1) is 0 Å². The molecule has 1 aliphatic rings. The summed E-state index contributed by atoms with van der Waals surface area (Å²) in [5.74, 6) is -0.140. The van der Waals surface area contributed by atoms with Crippen molar-refractivity contribution in [2.24, 2.45) is 7.05 Å². The van der Waals surface area contributed by atoms with E-state index in [9.17, 15) is 17.6 Å². The molecule has 0 spiro atoms. The Morgan fingerprint density at radius 2 is 2.03 bits per heavy atom. The molecule has 8 nitrogen and oxygen atoms in total. The highest BCUT2D eigenvalue weighted by Gasteiger charge is 2.33. The summed E-state index contributed by atoms with van der Waals surface area (Å²) >= 11 is 0. The smallest absolute Gasteiger partial charge is 0.388 e. The van der Waals surface area contributed by atoms with Gasteiger partial charge in [0.05, 0.1) is 23.4 Å². The first-order chi connectivity index (χ1) is 14.9. The molecule has 0 bridgehead atoms. The third-order valence-corrected chi connectivity index (χ3v) is 4.98. The summed E-state index contributed by atoms with van der Waals surface area (Å²) in [6, 6.07) is 3.36. The monoisotopic (exact) mass is 436 g/mol. The minimum atomic E-state index is -3.11. The predicted molar refractivity (Wildman–Crippen MR) is 101 cm³/mol. The van der Waals surface area contributed by atoms with Gasteiger partial charge in [-0.3, -0.25) is 4.68 Å². The van der Waals surface area contributed by atoms with E-state index in [0.717, 1.165) is 0 Å². The second-order valence-electron chi connectivity index (χ2n) is 6.97. The van der Waals surface area contributed by atoms with E-state index in [1.807, 2.05) is 0 Å². The molecule has 1 aliphatic heterocycles. The Hall–Kier alpha value is -3.57. The Labute approximate surface area is 172 Å². The number of nitrogens with zero attached hydrogens (tertiary/aromatic N) is 5. The lowest BCUT2D eigenvalue weighted by molar-refractivity contribution is -0.0527. The van der Waals surface area contributed by atoms with E-state index in [-0.39, 0.29) is 28.6 Å². The number of pyridine rings is 1. The van der Waals surface area contributed by atoms with Crippen LogP contribution in [0.5, 0.6) is 11.8 Å². The van der Waals surface area contributed by atoms with Crippen molar-refractivity contribution in [1.29, 1.82) is 0 Å². The van der Waals surface area contributed by atoms with Crippen LogP contribution in [-0.4, -0.2) is 42.7 Å². The summed E-state index contributed by atoms with van der Waals surface area (Å²) in [4.78, 5) is 7.30. The molecule has 0 radical (unpaired) electrons. The first-order valence-electron chi connectivity index (χ1n) is 9.41. The molecule has 4 aromatic rings. The number of aromatic nitrogens is 6. The van der Waals surface area contributed by atoms with Gasteiger partial charge in [0.2, 0.25) is 11.8 Å². The molecule has 0 saturated carbocycles. The first kappa shape index (κ1) is 19.4. The van der Waals surface area contributed by atoms with Crippen LogP contribution >= 0.6 is 0 Å². The van der Waals surface area contributed by atoms with Gasteiger partial charge in [0.25, 0.3) is 6.43 Å². The maximum Gasteiger partial charge on any atom is 0.388 e. The molecule has 0 atom stereocenters. The van der Waals surface area contributed by atoms with Gasteiger partial charge in [0.1, 0.15) is 11.3 Å². The number of ether oxygens (including phenoxy) is 2. The zero-order valence-corrected chi connectivity index (χ0v) is 16.1. The lowest BCUT2D eigenvalue weighted by Gasteiger charge is -2.16. The Kier molecular flexibility index (Phi) is 4.56. The summed E-state index contributed by atoms with van der Waals surface area (Å²) in [5.41, 5.74) is 0.751. The summed E-state index contributed by atoms with van der Waals surface area (Å²) in [5, 5.41) is 8.53. The molecule has 5 heterocycles. The van der Waals surface area contributed by atoms with Gasteiger partial charge in [-0.25, -0.2) is 18.4 Å². The largest absolute Gasteiger partial charge is 0.477 e. The maximum absolute atomic E-state index is 13.9. The number of rotatable bonds is 5. The zero-order valence-electron chi connectivity index (χ0n) is 16.1. The van der Waals surface area contributed by atoms with Crippen molar-refractivity contribution in [3.8, 4) is 34.1 Å². The standard InChI is InChI=1S/C19H16F4N6O2/c1-28-8-10(17(27-28)31-19(22)23)11-9-4-2-5-24-16(9)25-13(11)12-14(15(20)21)26-29-6-3-7-30-18(12)29/h2,4-5,8,15,19H,3,6-7H2,1H3,(H,24,25). The Morgan fingerprint density at radius 3 is 2.81 bits per heavy atom. The van der Waals surface area contributed by atoms with Gasteiger partial charge in [-0.1, -0.05) is 0 Å². The van der Waals surface area contributed by atoms with E-state index >= 15 is 0 Å². The van der Waals surface area contributed by atoms with Crippen LogP contribution in [0.3, 0.4) is 0 Å². The number of alkyl halides is 4. The molecule has 5 rings (SSSR count). The highest BCUT2D eigenvalue weighted by atomic mass is 19.3. The van der Waals surface area contributed by atoms with Gasteiger partial charge >= 0.3 is 6.61 Å². The third-order valence-electron chi connectivity index (χ3n) is 4.98. The van der Waals surface area contributed by atoms with Gasteiger partial charge in [-0.2, -0.15) is 13.9 Å². The topological polar surface area (TPSA) is 82.8 Å². The van der Waals surface area contributed by atoms with Crippen LogP contribution in [0.2, 0.25) is 0 Å². The van der Waals surface area contributed by atoms with Crippen LogP contribution in [-0.2, 0) is 13.6 Å². The summed E-state index contributed by atoms with van der Waals surface area (Å²) in [6.45, 7) is -2.33. The van der Waals surface area contributed by atoms with Crippen LogP contribution < -0.4 is 9.47 Å². The predicted octanol–water partition coefficient (Wildman–Crippen LogP) is 4.15. The first-order valence-corrected chi connectivity index (χ1v) is 9.41. The average Bonchev–Trinajstić information content (AvgIpc) is 3.39. The van der Waals surface area contributed by atoms with Crippen molar-refractivity contribution in [1.82, 2.24) is 29.5 Å². The van der Waals surface area contributed by atoms with Crippen molar-refractivity contribution in [2.45, 2.75) is 26.0 Å². The Balaban J connectivity index is 1.83. The van der Waals surface area contributed by atoms with E-state index in [2.05, 4.69) is 24.9 Å². The van der Waals surface area contributed by atoms with E-state index in [1.54, 1.807) is 19.2 Å². The molecule has 162 valence electrons. The SMILES string of the molecule is Cn1cc(-c2c(-c3c(C(F)F)nn4c3OCCC4)[nH]c3ncccc23)c(OC(F)F)n1. The van der Waals surface area contributed by atoms with Crippen molar-refractivity contribution >= 4 is 11.0 Å². The summed E-state index contributed by atoms with van der Waals surface area (Å²) in [7, 11) is 1.55. The van der Waals surface area contributed by atoms with Crippen LogP contribution in [0.1, 0.15) is 18.5 Å². The normalized spacial score (nSPS) is 13.8. The number of H-pyrrole nitrogens is 1.